The molecular formula is C19H28O3. The summed E-state index contributed by atoms with van der Waals surface area (Å²) in [6, 6.07) is 0. The van der Waals surface area contributed by atoms with Gasteiger partial charge in [-0.15, -0.1) is 0 Å². The molecule has 4 unspecified atom stereocenters. The van der Waals surface area contributed by atoms with Crippen LogP contribution in [0.2, 0.25) is 0 Å². The van der Waals surface area contributed by atoms with Crippen LogP contribution < -0.4 is 0 Å². The second kappa shape index (κ2) is 4.67. The molecule has 0 radical (unpaired) electrons. The van der Waals surface area contributed by atoms with E-state index in [9.17, 15) is 15.0 Å². The Bertz CT molecular complexity index is 539. The summed E-state index contributed by atoms with van der Waals surface area (Å²) in [5.41, 5.74) is 1.27. The molecule has 7 atom stereocenters. The normalized spacial score (nSPS) is 54.3. The quantitative estimate of drug-likeness (QED) is 0.723. The van der Waals surface area contributed by atoms with Gasteiger partial charge in [0.25, 0.3) is 0 Å². The van der Waals surface area contributed by atoms with Crippen LogP contribution in [0.4, 0.5) is 0 Å². The molecule has 4 rings (SSSR count). The molecule has 0 spiro atoms. The highest BCUT2D eigenvalue weighted by Gasteiger charge is 2.61. The van der Waals surface area contributed by atoms with E-state index in [0.717, 1.165) is 32.1 Å². The Morgan fingerprint density at radius 2 is 1.86 bits per heavy atom. The maximum absolute atomic E-state index is 11.8. The van der Waals surface area contributed by atoms with Gasteiger partial charge >= 0.3 is 0 Å². The van der Waals surface area contributed by atoms with Crippen LogP contribution in [0.15, 0.2) is 11.6 Å². The third kappa shape index (κ3) is 1.78. The molecule has 2 N–H and O–H groups in total. The van der Waals surface area contributed by atoms with E-state index in [1.807, 2.05) is 6.08 Å². The topological polar surface area (TPSA) is 57.5 Å². The average molecular weight is 304 g/mol. The Hall–Kier alpha value is -0.670. The number of ketones is 1. The van der Waals surface area contributed by atoms with Crippen LogP contribution in [0.3, 0.4) is 0 Å². The van der Waals surface area contributed by atoms with Crippen molar-refractivity contribution < 1.29 is 15.0 Å². The highest BCUT2D eigenvalue weighted by atomic mass is 16.3. The number of aliphatic hydroxyl groups excluding tert-OH is 2. The van der Waals surface area contributed by atoms with E-state index in [1.165, 1.54) is 5.57 Å². The van der Waals surface area contributed by atoms with Gasteiger partial charge in [-0.1, -0.05) is 19.4 Å². The van der Waals surface area contributed by atoms with E-state index in [-0.39, 0.29) is 28.8 Å². The van der Waals surface area contributed by atoms with Crippen LogP contribution >= 0.6 is 0 Å². The third-order valence-corrected chi connectivity index (χ3v) is 7.93. The fourth-order valence-electron chi connectivity index (χ4n) is 6.50. The Labute approximate surface area is 132 Å². The van der Waals surface area contributed by atoms with E-state index >= 15 is 0 Å². The number of rotatable bonds is 0. The van der Waals surface area contributed by atoms with Gasteiger partial charge in [-0.25, -0.2) is 0 Å². The lowest BCUT2D eigenvalue weighted by Gasteiger charge is -2.59. The summed E-state index contributed by atoms with van der Waals surface area (Å²) in [6.45, 7) is 4.55. The van der Waals surface area contributed by atoms with E-state index in [1.54, 1.807) is 0 Å². The van der Waals surface area contributed by atoms with Crippen LogP contribution in [0.1, 0.15) is 58.8 Å². The van der Waals surface area contributed by atoms with Gasteiger partial charge in [-0.2, -0.15) is 0 Å². The number of hydrogen-bond acceptors (Lipinski definition) is 3. The molecule has 0 bridgehead atoms. The largest absolute Gasteiger partial charge is 0.393 e. The lowest BCUT2D eigenvalue weighted by molar-refractivity contribution is -0.127. The molecule has 0 aromatic rings. The van der Waals surface area contributed by atoms with E-state index in [0.29, 0.717) is 30.6 Å². The molecule has 4 aliphatic carbocycles. The molecule has 0 amide bonds. The zero-order valence-corrected chi connectivity index (χ0v) is 13.7. The Balaban J connectivity index is 1.74. The molecule has 22 heavy (non-hydrogen) atoms. The summed E-state index contributed by atoms with van der Waals surface area (Å²) < 4.78 is 0. The summed E-state index contributed by atoms with van der Waals surface area (Å²) in [5.74, 6) is 1.44. The first-order chi connectivity index (χ1) is 10.4. The molecule has 0 aromatic heterocycles. The molecule has 0 saturated heterocycles. The Morgan fingerprint density at radius 1 is 1.09 bits per heavy atom. The first-order valence-electron chi connectivity index (χ1n) is 8.96. The van der Waals surface area contributed by atoms with Gasteiger partial charge in [0.15, 0.2) is 5.78 Å². The maximum atomic E-state index is 11.8. The van der Waals surface area contributed by atoms with Crippen LogP contribution in [0, 0.1) is 28.6 Å². The molecule has 4 aliphatic rings. The molecule has 0 heterocycles. The molecule has 3 heteroatoms. The van der Waals surface area contributed by atoms with Gasteiger partial charge in [-0.05, 0) is 73.2 Å². The fourth-order valence-corrected chi connectivity index (χ4v) is 6.50. The van der Waals surface area contributed by atoms with Crippen molar-refractivity contribution in [3.8, 4) is 0 Å². The lowest BCUT2D eigenvalue weighted by atomic mass is 9.46. The minimum atomic E-state index is -0.342. The highest BCUT2D eigenvalue weighted by molar-refractivity contribution is 5.91. The molecule has 3 saturated carbocycles. The van der Waals surface area contributed by atoms with Crippen molar-refractivity contribution in [3.63, 3.8) is 0 Å². The van der Waals surface area contributed by atoms with Crippen molar-refractivity contribution >= 4 is 5.78 Å². The summed E-state index contributed by atoms with van der Waals surface area (Å²) in [6.07, 6.45) is 7.61. The van der Waals surface area contributed by atoms with Crippen LogP contribution in [-0.4, -0.2) is 28.2 Å². The lowest BCUT2D eigenvalue weighted by Crippen LogP contribution is -2.55. The maximum Gasteiger partial charge on any atom is 0.155 e. The molecule has 0 aromatic carbocycles. The van der Waals surface area contributed by atoms with Crippen molar-refractivity contribution in [2.24, 2.45) is 28.6 Å². The van der Waals surface area contributed by atoms with Gasteiger partial charge in [0, 0.05) is 6.42 Å². The standard InChI is InChI=1S/C19H28O3/c1-18-7-5-12(20)9-11(18)10-15(21)17-13-3-4-16(22)19(13,2)8-6-14(17)18/h9,13-17,21-22H,3-8,10H2,1-2H3/t13?,14?,15-,16?,17?,18-,19-/m0/s1. The third-order valence-electron chi connectivity index (χ3n) is 7.93. The Kier molecular flexibility index (Phi) is 3.16. The SMILES string of the molecule is C[C@]12CCC3C(C1CCC2O)[C@@H](O)CC1=CC(=O)CC[C@@]13C. The zero-order valence-electron chi connectivity index (χ0n) is 13.7. The summed E-state index contributed by atoms with van der Waals surface area (Å²) in [5, 5.41) is 21.3. The Morgan fingerprint density at radius 3 is 2.64 bits per heavy atom. The van der Waals surface area contributed by atoms with Crippen molar-refractivity contribution in [2.45, 2.75) is 71.0 Å². The molecule has 122 valence electrons. The van der Waals surface area contributed by atoms with Gasteiger partial charge in [0.2, 0.25) is 0 Å². The smallest absolute Gasteiger partial charge is 0.155 e. The van der Waals surface area contributed by atoms with E-state index < -0.39 is 0 Å². The minimum Gasteiger partial charge on any atom is -0.393 e. The number of aliphatic hydroxyl groups is 2. The average Bonchev–Trinajstić information content (AvgIpc) is 2.77. The fraction of sp³-hybridized carbons (Fsp3) is 0.842. The van der Waals surface area contributed by atoms with Gasteiger partial charge in [-0.3, -0.25) is 4.79 Å². The summed E-state index contributed by atoms with van der Waals surface area (Å²) in [4.78, 5) is 11.8. The molecule has 3 nitrogen and oxygen atoms in total. The van der Waals surface area contributed by atoms with Gasteiger partial charge < -0.3 is 10.2 Å². The summed E-state index contributed by atoms with van der Waals surface area (Å²) in [7, 11) is 0. The first-order valence-corrected chi connectivity index (χ1v) is 8.96. The first kappa shape index (κ1) is 14.9. The molecular weight excluding hydrogens is 276 g/mol. The second-order valence-corrected chi connectivity index (χ2v) is 8.75. The number of hydrogen-bond donors (Lipinski definition) is 2. The number of carbonyl (C=O) groups is 1. The predicted molar refractivity (Wildman–Crippen MR) is 84.1 cm³/mol. The monoisotopic (exact) mass is 304 g/mol. The van der Waals surface area contributed by atoms with Crippen molar-refractivity contribution in [1.82, 2.24) is 0 Å². The number of fused-ring (bicyclic) bond motifs is 5. The minimum absolute atomic E-state index is 0.00971. The zero-order chi connectivity index (χ0) is 15.7. The van der Waals surface area contributed by atoms with Gasteiger partial charge in [0.1, 0.15) is 0 Å². The van der Waals surface area contributed by atoms with Crippen LogP contribution in [0.5, 0.6) is 0 Å². The van der Waals surface area contributed by atoms with Crippen molar-refractivity contribution in [2.75, 3.05) is 0 Å². The van der Waals surface area contributed by atoms with Crippen molar-refractivity contribution in [3.05, 3.63) is 11.6 Å². The molecule has 0 aliphatic heterocycles. The van der Waals surface area contributed by atoms with Crippen LogP contribution in [-0.2, 0) is 4.79 Å². The van der Waals surface area contributed by atoms with Gasteiger partial charge in [0.05, 0.1) is 12.2 Å². The van der Waals surface area contributed by atoms with E-state index in [4.69, 9.17) is 0 Å². The number of carbonyl (C=O) groups excluding carboxylic acids is 1. The van der Waals surface area contributed by atoms with Crippen LogP contribution in [0.25, 0.3) is 0 Å². The second-order valence-electron chi connectivity index (χ2n) is 8.75. The molecule has 3 fully saturated rings. The predicted octanol–water partition coefficient (Wildman–Crippen LogP) is 2.85. The highest BCUT2D eigenvalue weighted by Crippen LogP contribution is 2.65. The summed E-state index contributed by atoms with van der Waals surface area (Å²) >= 11 is 0. The van der Waals surface area contributed by atoms with Crippen molar-refractivity contribution in [1.29, 1.82) is 0 Å². The van der Waals surface area contributed by atoms with E-state index in [2.05, 4.69) is 13.8 Å².